The molecule has 0 amide bonds. The zero-order valence-electron chi connectivity index (χ0n) is 8.68. The fourth-order valence-electron chi connectivity index (χ4n) is 1.67. The quantitative estimate of drug-likeness (QED) is 0.728. The number of hydrogen-bond acceptors (Lipinski definition) is 3. The number of benzene rings is 1. The minimum absolute atomic E-state index is 0.263. The monoisotopic (exact) mass is 244 g/mol. The van der Waals surface area contributed by atoms with E-state index < -0.39 is 5.97 Å². The molecule has 84 valence electrons. The van der Waals surface area contributed by atoms with E-state index in [1.165, 1.54) is 0 Å². The summed E-state index contributed by atoms with van der Waals surface area (Å²) in [5.41, 5.74) is 1.78. The van der Waals surface area contributed by atoms with Crippen LogP contribution in [-0.4, -0.2) is 21.0 Å². The molecule has 0 fully saturated rings. The van der Waals surface area contributed by atoms with E-state index in [1.54, 1.807) is 29.5 Å². The molecule has 0 saturated heterocycles. The number of carboxylic acids is 1. The molecule has 0 aliphatic rings. The predicted molar refractivity (Wildman–Crippen MR) is 66.4 cm³/mol. The molecule has 0 unspecified atom stereocenters. The summed E-state index contributed by atoms with van der Waals surface area (Å²) in [6.07, 6.45) is 0. The normalized spacial score (nSPS) is 10.8. The number of hydrogen-bond donors (Lipinski definition) is 2. The van der Waals surface area contributed by atoms with Crippen LogP contribution in [0.4, 0.5) is 0 Å². The van der Waals surface area contributed by atoms with E-state index in [-0.39, 0.29) is 5.56 Å². The minimum Gasteiger partial charge on any atom is -0.478 e. The third-order valence-corrected chi connectivity index (χ3v) is 3.36. The third-order valence-electron chi connectivity index (χ3n) is 2.48. The number of carboxylic acid groups (broad SMARTS) is 1. The third kappa shape index (κ3) is 1.70. The van der Waals surface area contributed by atoms with E-state index >= 15 is 0 Å². The van der Waals surface area contributed by atoms with Crippen LogP contribution in [0.1, 0.15) is 10.4 Å². The SMILES string of the molecule is O=C(O)c1ccc2nc(-c3cccs3)[nH]c2c1. The first-order valence-corrected chi connectivity index (χ1v) is 5.89. The van der Waals surface area contributed by atoms with Gasteiger partial charge < -0.3 is 10.1 Å². The molecular formula is C12H8N2O2S. The molecule has 2 heterocycles. The molecule has 0 aliphatic heterocycles. The van der Waals surface area contributed by atoms with Crippen LogP contribution < -0.4 is 0 Å². The average molecular weight is 244 g/mol. The molecule has 0 saturated carbocycles. The molecule has 5 heteroatoms. The lowest BCUT2D eigenvalue weighted by Gasteiger charge is -1.92. The number of fused-ring (bicyclic) bond motifs is 1. The minimum atomic E-state index is -0.931. The van der Waals surface area contributed by atoms with Crippen molar-refractivity contribution in [1.29, 1.82) is 0 Å². The Labute approximate surface area is 101 Å². The van der Waals surface area contributed by atoms with Crippen LogP contribution in [0.25, 0.3) is 21.7 Å². The van der Waals surface area contributed by atoms with Gasteiger partial charge in [-0.3, -0.25) is 0 Å². The lowest BCUT2D eigenvalue weighted by molar-refractivity contribution is 0.0697. The number of aromatic nitrogens is 2. The van der Waals surface area contributed by atoms with Crippen molar-refractivity contribution in [2.75, 3.05) is 0 Å². The Morgan fingerprint density at radius 3 is 2.94 bits per heavy atom. The van der Waals surface area contributed by atoms with Gasteiger partial charge in [0.2, 0.25) is 0 Å². The van der Waals surface area contributed by atoms with Crippen molar-refractivity contribution in [2.45, 2.75) is 0 Å². The van der Waals surface area contributed by atoms with Crippen molar-refractivity contribution < 1.29 is 9.90 Å². The molecule has 0 aliphatic carbocycles. The van der Waals surface area contributed by atoms with Gasteiger partial charge in [-0.05, 0) is 29.6 Å². The summed E-state index contributed by atoms with van der Waals surface area (Å²) in [6, 6.07) is 8.80. The summed E-state index contributed by atoms with van der Waals surface area (Å²) in [4.78, 5) is 19.4. The van der Waals surface area contributed by atoms with Crippen LogP contribution in [0.2, 0.25) is 0 Å². The van der Waals surface area contributed by atoms with Gasteiger partial charge in [0.15, 0.2) is 0 Å². The van der Waals surface area contributed by atoms with E-state index in [9.17, 15) is 4.79 Å². The standard InChI is InChI=1S/C12H8N2O2S/c15-12(16)7-3-4-8-9(6-7)14-11(13-8)10-2-1-5-17-10/h1-6H,(H,13,14)(H,15,16). The van der Waals surface area contributed by atoms with Crippen LogP contribution in [-0.2, 0) is 0 Å². The van der Waals surface area contributed by atoms with Crippen molar-refractivity contribution in [3.8, 4) is 10.7 Å². The van der Waals surface area contributed by atoms with Gasteiger partial charge in [0, 0.05) is 0 Å². The van der Waals surface area contributed by atoms with Crippen LogP contribution in [0.3, 0.4) is 0 Å². The summed E-state index contributed by atoms with van der Waals surface area (Å²) in [6.45, 7) is 0. The first-order chi connectivity index (χ1) is 8.24. The largest absolute Gasteiger partial charge is 0.478 e. The second-order valence-electron chi connectivity index (χ2n) is 3.60. The topological polar surface area (TPSA) is 66.0 Å². The molecule has 3 rings (SSSR count). The predicted octanol–water partition coefficient (Wildman–Crippen LogP) is 2.99. The molecule has 3 aromatic rings. The highest BCUT2D eigenvalue weighted by Gasteiger charge is 2.08. The number of rotatable bonds is 2. The molecule has 0 spiro atoms. The second-order valence-corrected chi connectivity index (χ2v) is 4.55. The molecule has 2 aromatic heterocycles. The van der Waals surface area contributed by atoms with Crippen LogP contribution in [0.5, 0.6) is 0 Å². The Kier molecular flexibility index (Phi) is 2.19. The van der Waals surface area contributed by atoms with E-state index in [0.29, 0.717) is 0 Å². The first-order valence-electron chi connectivity index (χ1n) is 5.01. The van der Waals surface area contributed by atoms with E-state index in [0.717, 1.165) is 21.7 Å². The fourth-order valence-corrected chi connectivity index (χ4v) is 2.34. The number of nitrogens with zero attached hydrogens (tertiary/aromatic N) is 1. The summed E-state index contributed by atoms with van der Waals surface area (Å²) in [5, 5.41) is 10.9. The molecular weight excluding hydrogens is 236 g/mol. The smallest absolute Gasteiger partial charge is 0.335 e. The molecule has 17 heavy (non-hydrogen) atoms. The highest BCUT2D eigenvalue weighted by molar-refractivity contribution is 7.13. The van der Waals surface area contributed by atoms with Crippen molar-refractivity contribution >= 4 is 28.3 Å². The lowest BCUT2D eigenvalue weighted by Crippen LogP contribution is -1.94. The molecule has 1 aromatic carbocycles. The first kappa shape index (κ1) is 10.0. The highest BCUT2D eigenvalue weighted by atomic mass is 32.1. The maximum Gasteiger partial charge on any atom is 0.335 e. The Hall–Kier alpha value is -2.14. The number of thiophene rings is 1. The molecule has 0 radical (unpaired) electrons. The zero-order chi connectivity index (χ0) is 11.8. The Balaban J connectivity index is 2.16. The zero-order valence-corrected chi connectivity index (χ0v) is 9.49. The highest BCUT2D eigenvalue weighted by Crippen LogP contribution is 2.24. The van der Waals surface area contributed by atoms with Gasteiger partial charge in [-0.25, -0.2) is 9.78 Å². The summed E-state index contributed by atoms with van der Waals surface area (Å²) in [5.74, 6) is -0.156. The number of carbonyl (C=O) groups is 1. The Morgan fingerprint density at radius 2 is 2.24 bits per heavy atom. The lowest BCUT2D eigenvalue weighted by atomic mass is 10.2. The van der Waals surface area contributed by atoms with Gasteiger partial charge in [0.1, 0.15) is 5.82 Å². The van der Waals surface area contributed by atoms with E-state index in [1.807, 2.05) is 17.5 Å². The van der Waals surface area contributed by atoms with Crippen molar-refractivity contribution in [2.24, 2.45) is 0 Å². The van der Waals surface area contributed by atoms with Gasteiger partial charge >= 0.3 is 5.97 Å². The van der Waals surface area contributed by atoms with Crippen molar-refractivity contribution in [3.05, 3.63) is 41.3 Å². The summed E-state index contributed by atoms with van der Waals surface area (Å²) in [7, 11) is 0. The van der Waals surface area contributed by atoms with Crippen molar-refractivity contribution in [3.63, 3.8) is 0 Å². The average Bonchev–Trinajstić information content (AvgIpc) is 2.96. The number of aromatic amines is 1. The van der Waals surface area contributed by atoms with Crippen LogP contribution in [0.15, 0.2) is 35.7 Å². The fraction of sp³-hybridized carbons (Fsp3) is 0. The second kappa shape index (κ2) is 3.71. The number of imidazole rings is 1. The van der Waals surface area contributed by atoms with Gasteiger partial charge in [0.25, 0.3) is 0 Å². The number of aromatic carboxylic acids is 1. The summed E-state index contributed by atoms with van der Waals surface area (Å²) >= 11 is 1.59. The summed E-state index contributed by atoms with van der Waals surface area (Å²) < 4.78 is 0. The Morgan fingerprint density at radius 1 is 1.35 bits per heavy atom. The van der Waals surface area contributed by atoms with Gasteiger partial charge in [-0.2, -0.15) is 0 Å². The maximum atomic E-state index is 10.8. The molecule has 0 atom stereocenters. The number of nitrogens with one attached hydrogen (secondary N) is 1. The Bertz CT molecular complexity index is 686. The van der Waals surface area contributed by atoms with Gasteiger partial charge in [0.05, 0.1) is 21.5 Å². The van der Waals surface area contributed by atoms with Gasteiger partial charge in [-0.1, -0.05) is 6.07 Å². The van der Waals surface area contributed by atoms with E-state index in [4.69, 9.17) is 5.11 Å². The van der Waals surface area contributed by atoms with E-state index in [2.05, 4.69) is 9.97 Å². The molecule has 0 bridgehead atoms. The molecule has 2 N–H and O–H groups in total. The van der Waals surface area contributed by atoms with Crippen LogP contribution >= 0.6 is 11.3 Å². The van der Waals surface area contributed by atoms with Gasteiger partial charge in [-0.15, -0.1) is 11.3 Å². The van der Waals surface area contributed by atoms with Crippen LogP contribution in [0, 0.1) is 0 Å². The number of H-pyrrole nitrogens is 1. The maximum absolute atomic E-state index is 10.8. The molecule has 4 nitrogen and oxygen atoms in total. The van der Waals surface area contributed by atoms with Crippen molar-refractivity contribution in [1.82, 2.24) is 9.97 Å².